The number of nitrogens with zero attached hydrogens (tertiary/aromatic N) is 3. The number of halogens is 1. The highest BCUT2D eigenvalue weighted by molar-refractivity contribution is 7.13. The first-order valence-electron chi connectivity index (χ1n) is 11.0. The zero-order valence-electron chi connectivity index (χ0n) is 19.2. The topological polar surface area (TPSA) is 112 Å². The van der Waals surface area contributed by atoms with Gasteiger partial charge in [-0.2, -0.15) is 5.10 Å². The second-order valence-electron chi connectivity index (χ2n) is 9.05. The highest BCUT2D eigenvalue weighted by Gasteiger charge is 2.27. The molecule has 1 aliphatic rings. The van der Waals surface area contributed by atoms with Crippen LogP contribution in [-0.4, -0.2) is 51.9 Å². The summed E-state index contributed by atoms with van der Waals surface area (Å²) in [6, 6.07) is 4.36. The molecule has 3 aromatic rings. The standard InChI is InChI=1S/C23H27FN6O3S/c1-23(2,3)33-22(32)27-15-6-5-9-30(12-15)19-16(24)7-4-8-17(19)28-20(31)18-13-34-21(29-18)14-10-25-26-11-14/h4,7-8,10-11,13,15H,5-6,9,12H2,1-3H3,(H,25,26)(H,27,32)(H,28,31)/t15-/m1/s1. The quantitative estimate of drug-likeness (QED) is 0.492. The van der Waals surface area contributed by atoms with Gasteiger partial charge in [0.05, 0.1) is 17.6 Å². The molecule has 0 saturated carbocycles. The largest absolute Gasteiger partial charge is 0.444 e. The van der Waals surface area contributed by atoms with E-state index in [1.165, 1.54) is 17.4 Å². The second-order valence-corrected chi connectivity index (χ2v) is 9.90. The van der Waals surface area contributed by atoms with Crippen molar-refractivity contribution in [2.75, 3.05) is 23.3 Å². The lowest BCUT2D eigenvalue weighted by Gasteiger charge is -2.36. The monoisotopic (exact) mass is 486 g/mol. The molecule has 0 aliphatic carbocycles. The van der Waals surface area contributed by atoms with Gasteiger partial charge < -0.3 is 20.3 Å². The number of benzene rings is 1. The Labute approximate surface area is 200 Å². The van der Waals surface area contributed by atoms with E-state index in [0.29, 0.717) is 23.8 Å². The van der Waals surface area contributed by atoms with E-state index in [9.17, 15) is 14.0 Å². The average Bonchev–Trinajstić information content (AvgIpc) is 3.45. The molecule has 0 unspecified atom stereocenters. The minimum Gasteiger partial charge on any atom is -0.444 e. The first-order valence-corrected chi connectivity index (χ1v) is 11.9. The van der Waals surface area contributed by atoms with Gasteiger partial charge in [0.15, 0.2) is 0 Å². The van der Waals surface area contributed by atoms with Crippen LogP contribution in [-0.2, 0) is 4.74 Å². The number of carbonyl (C=O) groups excluding carboxylic acids is 2. The van der Waals surface area contributed by atoms with Crippen molar-refractivity contribution in [1.29, 1.82) is 0 Å². The third-order valence-electron chi connectivity index (χ3n) is 5.18. The number of H-pyrrole nitrogens is 1. The molecule has 3 N–H and O–H groups in total. The summed E-state index contributed by atoms with van der Waals surface area (Å²) in [7, 11) is 0. The van der Waals surface area contributed by atoms with Crippen molar-refractivity contribution in [3.05, 3.63) is 47.5 Å². The number of aromatic amines is 1. The van der Waals surface area contributed by atoms with Crippen LogP contribution < -0.4 is 15.5 Å². The molecule has 1 aliphatic heterocycles. The molecular formula is C23H27FN6O3S. The number of anilines is 2. The molecular weight excluding hydrogens is 459 g/mol. The third kappa shape index (κ3) is 5.71. The summed E-state index contributed by atoms with van der Waals surface area (Å²) >= 11 is 1.32. The predicted molar refractivity (Wildman–Crippen MR) is 129 cm³/mol. The van der Waals surface area contributed by atoms with Crippen LogP contribution in [0.15, 0.2) is 36.0 Å². The van der Waals surface area contributed by atoms with Gasteiger partial charge in [-0.1, -0.05) is 6.07 Å². The Balaban J connectivity index is 1.48. The summed E-state index contributed by atoms with van der Waals surface area (Å²) in [5.74, 6) is -0.883. The molecule has 0 radical (unpaired) electrons. The van der Waals surface area contributed by atoms with Crippen molar-refractivity contribution < 1.29 is 18.7 Å². The lowest BCUT2D eigenvalue weighted by Crippen LogP contribution is -2.49. The highest BCUT2D eigenvalue weighted by atomic mass is 32.1. The maximum absolute atomic E-state index is 15.0. The van der Waals surface area contributed by atoms with E-state index >= 15 is 0 Å². The van der Waals surface area contributed by atoms with Crippen LogP contribution in [0.25, 0.3) is 10.6 Å². The number of aromatic nitrogens is 3. The molecule has 1 aromatic carbocycles. The molecule has 2 amide bonds. The zero-order chi connectivity index (χ0) is 24.3. The van der Waals surface area contributed by atoms with Crippen molar-refractivity contribution >= 4 is 34.7 Å². The van der Waals surface area contributed by atoms with Gasteiger partial charge in [-0.3, -0.25) is 9.89 Å². The van der Waals surface area contributed by atoms with Crippen molar-refractivity contribution in [2.45, 2.75) is 45.3 Å². The van der Waals surface area contributed by atoms with Gasteiger partial charge in [-0.15, -0.1) is 11.3 Å². The summed E-state index contributed by atoms with van der Waals surface area (Å²) in [4.78, 5) is 31.3. The number of alkyl carbamates (subject to hydrolysis) is 1. The molecule has 34 heavy (non-hydrogen) atoms. The molecule has 3 heterocycles. The lowest BCUT2D eigenvalue weighted by molar-refractivity contribution is 0.0500. The number of carbonyl (C=O) groups is 2. The molecule has 180 valence electrons. The summed E-state index contributed by atoms with van der Waals surface area (Å²) in [6.45, 7) is 6.39. The number of hydrogen-bond acceptors (Lipinski definition) is 7. The number of nitrogens with one attached hydrogen (secondary N) is 3. The number of rotatable bonds is 5. The summed E-state index contributed by atoms with van der Waals surface area (Å²) in [5, 5.41) is 14.6. The predicted octanol–water partition coefficient (Wildman–Crippen LogP) is 4.42. The van der Waals surface area contributed by atoms with E-state index in [-0.39, 0.29) is 17.4 Å². The fraction of sp³-hybridized carbons (Fsp3) is 0.391. The Morgan fingerprint density at radius 3 is 2.88 bits per heavy atom. The molecule has 0 spiro atoms. The Hall–Kier alpha value is -3.47. The number of ether oxygens (including phenoxy) is 1. The van der Waals surface area contributed by atoms with E-state index < -0.39 is 23.4 Å². The summed E-state index contributed by atoms with van der Waals surface area (Å²) < 4.78 is 20.3. The second kappa shape index (κ2) is 9.80. The van der Waals surface area contributed by atoms with Crippen LogP contribution in [0.1, 0.15) is 44.1 Å². The van der Waals surface area contributed by atoms with Crippen LogP contribution in [0.2, 0.25) is 0 Å². The van der Waals surface area contributed by atoms with E-state index in [1.807, 2.05) is 4.90 Å². The Kier molecular flexibility index (Phi) is 6.82. The number of hydrogen-bond donors (Lipinski definition) is 3. The Bertz CT molecular complexity index is 1160. The van der Waals surface area contributed by atoms with E-state index in [0.717, 1.165) is 18.4 Å². The third-order valence-corrected chi connectivity index (χ3v) is 6.07. The van der Waals surface area contributed by atoms with Gasteiger partial charge in [-0.05, 0) is 45.7 Å². The van der Waals surface area contributed by atoms with Crippen molar-refractivity contribution in [3.63, 3.8) is 0 Å². The minimum absolute atomic E-state index is 0.206. The fourth-order valence-corrected chi connectivity index (χ4v) is 4.56. The molecule has 11 heteroatoms. The van der Waals surface area contributed by atoms with Crippen molar-refractivity contribution in [3.8, 4) is 10.6 Å². The molecule has 1 fully saturated rings. The van der Waals surface area contributed by atoms with E-state index in [1.54, 1.807) is 50.7 Å². The average molecular weight is 487 g/mol. The van der Waals surface area contributed by atoms with E-state index in [4.69, 9.17) is 4.74 Å². The Morgan fingerprint density at radius 1 is 1.32 bits per heavy atom. The first kappa shape index (κ1) is 23.7. The van der Waals surface area contributed by atoms with Gasteiger partial charge in [0.2, 0.25) is 0 Å². The van der Waals surface area contributed by atoms with Crippen molar-refractivity contribution in [1.82, 2.24) is 20.5 Å². The Morgan fingerprint density at radius 2 is 2.15 bits per heavy atom. The smallest absolute Gasteiger partial charge is 0.407 e. The van der Waals surface area contributed by atoms with Crippen LogP contribution in [0.3, 0.4) is 0 Å². The normalized spacial score (nSPS) is 16.2. The SMILES string of the molecule is CC(C)(C)OC(=O)N[C@@H]1CCCN(c2c(F)cccc2NC(=O)c2csc(-c3cn[nH]c3)n2)C1. The van der Waals surface area contributed by atoms with E-state index in [2.05, 4.69) is 25.8 Å². The highest BCUT2D eigenvalue weighted by Crippen LogP contribution is 2.32. The van der Waals surface area contributed by atoms with Gasteiger partial charge >= 0.3 is 6.09 Å². The number of para-hydroxylation sites is 1. The first-order chi connectivity index (χ1) is 16.2. The maximum Gasteiger partial charge on any atom is 0.407 e. The molecule has 4 rings (SSSR count). The van der Waals surface area contributed by atoms with Crippen molar-refractivity contribution in [2.24, 2.45) is 0 Å². The number of amides is 2. The summed E-state index contributed by atoms with van der Waals surface area (Å²) in [5.41, 5.74) is 1.05. The molecule has 9 nitrogen and oxygen atoms in total. The number of piperidine rings is 1. The van der Waals surface area contributed by atoms with Crippen LogP contribution in [0.4, 0.5) is 20.6 Å². The van der Waals surface area contributed by atoms with Crippen LogP contribution in [0, 0.1) is 5.82 Å². The zero-order valence-corrected chi connectivity index (χ0v) is 20.0. The van der Waals surface area contributed by atoms with Crippen LogP contribution in [0.5, 0.6) is 0 Å². The maximum atomic E-state index is 15.0. The van der Waals surface area contributed by atoms with Gasteiger partial charge in [0.1, 0.15) is 22.1 Å². The molecule has 2 aromatic heterocycles. The summed E-state index contributed by atoms with van der Waals surface area (Å²) in [6.07, 6.45) is 4.33. The minimum atomic E-state index is -0.603. The number of thiazole rings is 1. The fourth-order valence-electron chi connectivity index (χ4n) is 3.77. The van der Waals surface area contributed by atoms with Gasteiger partial charge in [0.25, 0.3) is 5.91 Å². The molecule has 0 bridgehead atoms. The lowest BCUT2D eigenvalue weighted by atomic mass is 10.0. The molecule has 1 atom stereocenters. The van der Waals surface area contributed by atoms with Crippen LogP contribution >= 0.6 is 11.3 Å². The molecule has 1 saturated heterocycles. The van der Waals surface area contributed by atoms with Gasteiger partial charge in [-0.25, -0.2) is 14.2 Å². The van der Waals surface area contributed by atoms with Gasteiger partial charge in [0, 0.05) is 36.3 Å².